The molecule has 0 aliphatic rings. The third-order valence-electron chi connectivity index (χ3n) is 2.36. The van der Waals surface area contributed by atoms with Crippen molar-refractivity contribution in [2.24, 2.45) is 0 Å². The molecule has 1 aromatic carbocycles. The highest BCUT2D eigenvalue weighted by Crippen LogP contribution is 2.32. The molecule has 0 bridgehead atoms. The second-order valence-corrected chi connectivity index (χ2v) is 3.72. The van der Waals surface area contributed by atoms with E-state index in [1.165, 1.54) is 12.1 Å². The third kappa shape index (κ3) is 2.80. The first kappa shape index (κ1) is 12.8. The third-order valence-corrected chi connectivity index (χ3v) is 2.36. The Labute approximate surface area is 105 Å². The van der Waals surface area contributed by atoms with Crippen LogP contribution in [0, 0.1) is 11.3 Å². The Bertz CT molecular complexity index is 693. The zero-order chi connectivity index (χ0) is 14.0. The van der Waals surface area contributed by atoms with Gasteiger partial charge in [0.25, 0.3) is 5.56 Å². The first-order chi connectivity index (χ1) is 8.90. The number of hydrogen-bond acceptors (Lipinski definition) is 3. The minimum atomic E-state index is -4.55. The van der Waals surface area contributed by atoms with Gasteiger partial charge in [0.1, 0.15) is 0 Å². The van der Waals surface area contributed by atoms with E-state index in [1.54, 1.807) is 6.07 Å². The van der Waals surface area contributed by atoms with Crippen molar-refractivity contribution in [3.63, 3.8) is 0 Å². The van der Waals surface area contributed by atoms with Crippen LogP contribution in [0.25, 0.3) is 11.3 Å². The number of nitrogens with one attached hydrogen (secondary N) is 1. The molecule has 1 N–H and O–H groups in total. The van der Waals surface area contributed by atoms with Crippen molar-refractivity contribution < 1.29 is 13.2 Å². The van der Waals surface area contributed by atoms with E-state index < -0.39 is 17.3 Å². The van der Waals surface area contributed by atoms with E-state index in [0.717, 1.165) is 18.2 Å². The minimum Gasteiger partial charge on any atom is -0.268 e. The predicted octanol–water partition coefficient (Wildman–Crippen LogP) is 2.33. The number of aromatic nitrogens is 2. The van der Waals surface area contributed by atoms with Crippen molar-refractivity contribution in [1.82, 2.24) is 10.2 Å². The molecule has 0 saturated carbocycles. The molecule has 0 unspecified atom stereocenters. The van der Waals surface area contributed by atoms with E-state index in [-0.39, 0.29) is 16.8 Å². The Morgan fingerprint density at radius 3 is 2.47 bits per heavy atom. The van der Waals surface area contributed by atoms with Gasteiger partial charge in [0, 0.05) is 11.6 Å². The Kier molecular flexibility index (Phi) is 3.09. The van der Waals surface area contributed by atoms with Crippen LogP contribution in [0.5, 0.6) is 0 Å². The highest BCUT2D eigenvalue weighted by Gasteiger charge is 2.31. The van der Waals surface area contributed by atoms with Gasteiger partial charge in [0.2, 0.25) is 0 Å². The zero-order valence-corrected chi connectivity index (χ0v) is 9.32. The maximum Gasteiger partial charge on any atom is 0.416 e. The van der Waals surface area contributed by atoms with Gasteiger partial charge in [-0.05, 0) is 24.3 Å². The average molecular weight is 265 g/mol. The van der Waals surface area contributed by atoms with E-state index in [1.807, 2.05) is 0 Å². The number of aromatic amines is 1. The monoisotopic (exact) mass is 265 g/mol. The van der Waals surface area contributed by atoms with Gasteiger partial charge in [-0.15, -0.1) is 0 Å². The van der Waals surface area contributed by atoms with Crippen molar-refractivity contribution in [2.45, 2.75) is 6.18 Å². The Morgan fingerprint density at radius 1 is 1.21 bits per heavy atom. The smallest absolute Gasteiger partial charge is 0.268 e. The van der Waals surface area contributed by atoms with Gasteiger partial charge in [0.15, 0.2) is 0 Å². The van der Waals surface area contributed by atoms with Gasteiger partial charge in [-0.2, -0.15) is 23.5 Å². The lowest BCUT2D eigenvalue weighted by Gasteiger charge is -2.09. The van der Waals surface area contributed by atoms with Gasteiger partial charge in [0.05, 0.1) is 22.9 Å². The summed E-state index contributed by atoms with van der Waals surface area (Å²) in [7, 11) is 0. The summed E-state index contributed by atoms with van der Waals surface area (Å²) in [5.41, 5.74) is -1.26. The Morgan fingerprint density at radius 2 is 1.95 bits per heavy atom. The van der Waals surface area contributed by atoms with Crippen LogP contribution in [-0.2, 0) is 6.18 Å². The molecular formula is C12H6F3N3O. The highest BCUT2D eigenvalue weighted by atomic mass is 19.4. The summed E-state index contributed by atoms with van der Waals surface area (Å²) < 4.78 is 38.0. The number of alkyl halides is 3. The number of rotatable bonds is 1. The van der Waals surface area contributed by atoms with Gasteiger partial charge in [-0.3, -0.25) is 4.79 Å². The van der Waals surface area contributed by atoms with Gasteiger partial charge in [-0.25, -0.2) is 5.10 Å². The molecule has 96 valence electrons. The quantitative estimate of drug-likeness (QED) is 0.860. The summed E-state index contributed by atoms with van der Waals surface area (Å²) in [6.45, 7) is 0. The molecule has 1 heterocycles. The fourth-order valence-electron chi connectivity index (χ4n) is 1.51. The Hall–Kier alpha value is -2.62. The van der Waals surface area contributed by atoms with E-state index in [2.05, 4.69) is 10.2 Å². The van der Waals surface area contributed by atoms with Crippen LogP contribution >= 0.6 is 0 Å². The molecule has 0 atom stereocenters. The molecule has 19 heavy (non-hydrogen) atoms. The fourth-order valence-corrected chi connectivity index (χ4v) is 1.51. The second kappa shape index (κ2) is 4.57. The van der Waals surface area contributed by atoms with Crippen LogP contribution in [0.15, 0.2) is 35.1 Å². The molecule has 7 heteroatoms. The molecule has 0 aliphatic carbocycles. The fraction of sp³-hybridized carbons (Fsp3) is 0.0833. The molecule has 0 spiro atoms. The summed E-state index contributed by atoms with van der Waals surface area (Å²) in [6, 6.07) is 7.01. The van der Waals surface area contributed by atoms with Crippen LogP contribution in [-0.4, -0.2) is 10.2 Å². The van der Waals surface area contributed by atoms with Crippen LogP contribution in [0.3, 0.4) is 0 Å². The highest BCUT2D eigenvalue weighted by molar-refractivity contribution is 5.62. The maximum atomic E-state index is 12.7. The molecule has 4 nitrogen and oxygen atoms in total. The summed E-state index contributed by atoms with van der Waals surface area (Å²) in [5, 5.41) is 14.5. The van der Waals surface area contributed by atoms with Crippen molar-refractivity contribution in [3.05, 3.63) is 51.8 Å². The molecule has 0 fully saturated rings. The summed E-state index contributed by atoms with van der Waals surface area (Å²) in [4.78, 5) is 10.9. The lowest BCUT2D eigenvalue weighted by molar-refractivity contribution is -0.137. The first-order valence-electron chi connectivity index (χ1n) is 5.08. The molecule has 2 rings (SSSR count). The number of nitrogens with zero attached hydrogens (tertiary/aromatic N) is 2. The largest absolute Gasteiger partial charge is 0.416 e. The number of hydrogen-bond donors (Lipinski definition) is 1. The van der Waals surface area contributed by atoms with Crippen molar-refractivity contribution in [3.8, 4) is 17.3 Å². The lowest BCUT2D eigenvalue weighted by Crippen LogP contribution is -2.08. The minimum absolute atomic E-state index is 0.114. The number of nitriles is 1. The zero-order valence-electron chi connectivity index (χ0n) is 9.32. The van der Waals surface area contributed by atoms with Crippen molar-refractivity contribution in [1.29, 1.82) is 5.26 Å². The van der Waals surface area contributed by atoms with Gasteiger partial charge < -0.3 is 0 Å². The van der Waals surface area contributed by atoms with Crippen LogP contribution < -0.4 is 5.56 Å². The summed E-state index contributed by atoms with van der Waals surface area (Å²) in [5.74, 6) is 0. The van der Waals surface area contributed by atoms with Gasteiger partial charge in [-0.1, -0.05) is 0 Å². The molecule has 0 aliphatic heterocycles. The molecule has 0 radical (unpaired) electrons. The average Bonchev–Trinajstić information content (AvgIpc) is 2.38. The molecule has 2 aromatic rings. The van der Waals surface area contributed by atoms with Crippen molar-refractivity contribution >= 4 is 0 Å². The SMILES string of the molecule is N#Cc1cc(-c2ccc(=O)[nH]n2)cc(C(F)(F)F)c1. The standard InChI is InChI=1S/C12H6F3N3O/c13-12(14,15)9-4-7(6-16)3-8(5-9)10-1-2-11(19)18-17-10/h1-5H,(H,18,19). The normalized spacial score (nSPS) is 11.1. The van der Waals surface area contributed by atoms with Crippen LogP contribution in [0.1, 0.15) is 11.1 Å². The van der Waals surface area contributed by atoms with E-state index in [4.69, 9.17) is 5.26 Å². The Balaban J connectivity index is 2.61. The van der Waals surface area contributed by atoms with E-state index in [9.17, 15) is 18.0 Å². The van der Waals surface area contributed by atoms with Crippen molar-refractivity contribution in [2.75, 3.05) is 0 Å². The van der Waals surface area contributed by atoms with Crippen LogP contribution in [0.4, 0.5) is 13.2 Å². The lowest BCUT2D eigenvalue weighted by atomic mass is 10.0. The van der Waals surface area contributed by atoms with Crippen LogP contribution in [0.2, 0.25) is 0 Å². The van der Waals surface area contributed by atoms with E-state index in [0.29, 0.717) is 0 Å². The number of benzene rings is 1. The molecule has 1 aromatic heterocycles. The first-order valence-corrected chi connectivity index (χ1v) is 5.08. The second-order valence-electron chi connectivity index (χ2n) is 3.72. The maximum absolute atomic E-state index is 12.7. The van der Waals surface area contributed by atoms with Gasteiger partial charge >= 0.3 is 6.18 Å². The summed E-state index contributed by atoms with van der Waals surface area (Å²) in [6.07, 6.45) is -4.55. The predicted molar refractivity (Wildman–Crippen MR) is 60.0 cm³/mol. The molecular weight excluding hydrogens is 259 g/mol. The van der Waals surface area contributed by atoms with E-state index >= 15 is 0 Å². The number of H-pyrrole nitrogens is 1. The topological polar surface area (TPSA) is 69.5 Å². The molecule has 0 saturated heterocycles. The summed E-state index contributed by atoms with van der Waals surface area (Å²) >= 11 is 0. The number of halogens is 3. The molecule has 0 amide bonds.